The zero-order valence-electron chi connectivity index (χ0n) is 28.1. The third kappa shape index (κ3) is 9.20. The van der Waals surface area contributed by atoms with Gasteiger partial charge in [-0.25, -0.2) is 19.6 Å². The van der Waals surface area contributed by atoms with Crippen LogP contribution in [0.1, 0.15) is 32.2 Å². The number of para-hydroxylation sites is 2. The minimum Gasteiger partial charge on any atom is -0.493 e. The second-order valence-corrected chi connectivity index (χ2v) is 11.3. The van der Waals surface area contributed by atoms with Crippen molar-refractivity contribution in [1.29, 1.82) is 0 Å². The van der Waals surface area contributed by atoms with Crippen LogP contribution in [0.2, 0.25) is 0 Å². The molecule has 2 aromatic carbocycles. The second kappa shape index (κ2) is 16.4. The summed E-state index contributed by atoms with van der Waals surface area (Å²) in [6, 6.07) is 16.9. The summed E-state index contributed by atoms with van der Waals surface area (Å²) in [6.07, 6.45) is 1.12. The molecule has 49 heavy (non-hydrogen) atoms. The number of carboxylic acids is 2. The van der Waals surface area contributed by atoms with Gasteiger partial charge >= 0.3 is 11.9 Å². The number of nitrogens with zero attached hydrogens (tertiary/aromatic N) is 6. The Hall–Kier alpha value is -5.76. The minimum absolute atomic E-state index is 0.0258. The summed E-state index contributed by atoms with van der Waals surface area (Å²) in [7, 11) is 4.87. The molecule has 2 N–H and O–H groups in total. The van der Waals surface area contributed by atoms with E-state index in [2.05, 4.69) is 9.88 Å². The molecule has 0 aliphatic carbocycles. The number of aromatic nitrogens is 3. The van der Waals surface area contributed by atoms with Gasteiger partial charge in [-0.2, -0.15) is 0 Å². The zero-order chi connectivity index (χ0) is 35.7. The lowest BCUT2D eigenvalue weighted by molar-refractivity contribution is -0.134. The van der Waals surface area contributed by atoms with Crippen molar-refractivity contribution in [1.82, 2.24) is 24.3 Å². The summed E-state index contributed by atoms with van der Waals surface area (Å²) in [5.74, 6) is -0.631. The molecule has 14 heteroatoms. The van der Waals surface area contributed by atoms with E-state index < -0.39 is 11.9 Å². The smallest absolute Gasteiger partial charge is 0.328 e. The molecule has 4 aromatic rings. The molecule has 3 heterocycles. The molecule has 1 aliphatic rings. The molecule has 2 amide bonds. The predicted molar refractivity (Wildman–Crippen MR) is 182 cm³/mol. The van der Waals surface area contributed by atoms with Crippen LogP contribution in [0.25, 0.3) is 11.0 Å². The van der Waals surface area contributed by atoms with E-state index in [1.807, 2.05) is 59.7 Å². The Morgan fingerprint density at radius 1 is 0.837 bits per heavy atom. The van der Waals surface area contributed by atoms with Crippen LogP contribution in [0.15, 0.2) is 66.7 Å². The van der Waals surface area contributed by atoms with E-state index in [0.29, 0.717) is 60.5 Å². The number of ether oxygens (including phenoxy) is 2. The number of hydrogen-bond acceptors (Lipinski definition) is 9. The van der Waals surface area contributed by atoms with Gasteiger partial charge in [-0.15, -0.1) is 0 Å². The number of carbonyl (C=O) groups is 4. The van der Waals surface area contributed by atoms with Gasteiger partial charge in [0.25, 0.3) is 11.8 Å². The van der Waals surface area contributed by atoms with Gasteiger partial charge in [0.1, 0.15) is 5.82 Å². The summed E-state index contributed by atoms with van der Waals surface area (Å²) < 4.78 is 12.7. The molecule has 258 valence electrons. The van der Waals surface area contributed by atoms with Gasteiger partial charge in [0.05, 0.1) is 25.3 Å². The third-order valence-corrected chi connectivity index (χ3v) is 7.88. The Bertz CT molecular complexity index is 1830. The largest absolute Gasteiger partial charge is 0.493 e. The van der Waals surface area contributed by atoms with E-state index >= 15 is 0 Å². The highest BCUT2D eigenvalue weighted by Gasteiger charge is 2.26. The van der Waals surface area contributed by atoms with Crippen LogP contribution in [-0.4, -0.2) is 112 Å². The summed E-state index contributed by atoms with van der Waals surface area (Å²) in [5, 5.41) is 15.6. The first-order chi connectivity index (χ1) is 23.4. The van der Waals surface area contributed by atoms with E-state index in [4.69, 9.17) is 24.7 Å². The van der Waals surface area contributed by atoms with Crippen LogP contribution >= 0.6 is 0 Å². The molecule has 0 unspecified atom stereocenters. The van der Waals surface area contributed by atoms with Crippen molar-refractivity contribution in [3.63, 3.8) is 0 Å². The lowest BCUT2D eigenvalue weighted by Gasteiger charge is -2.35. The summed E-state index contributed by atoms with van der Waals surface area (Å²) >= 11 is 0. The average Bonchev–Trinajstić information content (AvgIpc) is 3.47. The summed E-state index contributed by atoms with van der Waals surface area (Å²) in [6.45, 7) is 7.94. The van der Waals surface area contributed by atoms with Gasteiger partial charge < -0.3 is 29.2 Å². The number of methoxy groups -OCH3 is 2. The van der Waals surface area contributed by atoms with E-state index in [1.54, 1.807) is 44.4 Å². The molecule has 1 aliphatic heterocycles. The van der Waals surface area contributed by atoms with Crippen molar-refractivity contribution in [3.8, 4) is 11.5 Å². The second-order valence-electron chi connectivity index (χ2n) is 11.3. The number of pyridine rings is 1. The molecule has 0 atom stereocenters. The highest BCUT2D eigenvalue weighted by atomic mass is 16.5. The SMILES string of the molecule is COc1ccc(C(=O)N2CCN(CCn3c(C(=O)N(C)c4cc(C)cc(C)n4)nc4ccccc43)CC2)cc1OC.O=C(O)/C=C\C(=O)O. The van der Waals surface area contributed by atoms with E-state index in [-0.39, 0.29) is 11.8 Å². The van der Waals surface area contributed by atoms with Gasteiger partial charge in [0.2, 0.25) is 5.82 Å². The minimum atomic E-state index is -1.26. The number of benzene rings is 2. The lowest BCUT2D eigenvalue weighted by Crippen LogP contribution is -2.49. The number of fused-ring (bicyclic) bond motifs is 1. The first-order valence-electron chi connectivity index (χ1n) is 15.5. The number of carboxylic acid groups (broad SMARTS) is 2. The Morgan fingerprint density at radius 2 is 1.49 bits per heavy atom. The number of amides is 2. The maximum absolute atomic E-state index is 13.7. The molecule has 0 saturated carbocycles. The van der Waals surface area contributed by atoms with Crippen molar-refractivity contribution in [3.05, 3.63) is 89.4 Å². The molecule has 1 saturated heterocycles. The Labute approximate surface area is 283 Å². The summed E-state index contributed by atoms with van der Waals surface area (Å²) in [5.41, 5.74) is 4.18. The van der Waals surface area contributed by atoms with Gasteiger partial charge in [0, 0.05) is 69.7 Å². The number of imidazole rings is 1. The predicted octanol–water partition coefficient (Wildman–Crippen LogP) is 3.51. The topological polar surface area (TPSA) is 168 Å². The van der Waals surface area contributed by atoms with Crippen LogP contribution in [0.3, 0.4) is 0 Å². The fourth-order valence-corrected chi connectivity index (χ4v) is 5.42. The van der Waals surface area contributed by atoms with E-state index in [0.717, 1.165) is 41.9 Å². The Morgan fingerprint density at radius 3 is 2.10 bits per heavy atom. The third-order valence-electron chi connectivity index (χ3n) is 7.88. The van der Waals surface area contributed by atoms with Gasteiger partial charge in [0.15, 0.2) is 11.5 Å². The van der Waals surface area contributed by atoms with E-state index in [9.17, 15) is 19.2 Å². The lowest BCUT2D eigenvalue weighted by atomic mass is 10.1. The Kier molecular flexibility index (Phi) is 12.1. The molecule has 5 rings (SSSR count). The molecular weight excluding hydrogens is 632 g/mol. The van der Waals surface area contributed by atoms with Crippen LogP contribution in [0.5, 0.6) is 11.5 Å². The monoisotopic (exact) mass is 672 g/mol. The number of rotatable bonds is 10. The van der Waals surface area contributed by atoms with Crippen LogP contribution in [-0.2, 0) is 16.1 Å². The Balaban J connectivity index is 0.000000603. The van der Waals surface area contributed by atoms with Crippen molar-refractivity contribution in [2.75, 3.05) is 58.9 Å². The molecule has 14 nitrogen and oxygen atoms in total. The number of aryl methyl sites for hydroxylation is 2. The van der Waals surface area contributed by atoms with Crippen molar-refractivity contribution in [2.45, 2.75) is 20.4 Å². The highest BCUT2D eigenvalue weighted by molar-refractivity contribution is 6.04. The highest BCUT2D eigenvalue weighted by Crippen LogP contribution is 2.28. The molecule has 0 bridgehead atoms. The number of piperazine rings is 1. The van der Waals surface area contributed by atoms with Gasteiger partial charge in [-0.05, 0) is 61.9 Å². The molecule has 1 fully saturated rings. The quantitative estimate of drug-likeness (QED) is 0.237. The van der Waals surface area contributed by atoms with Gasteiger partial charge in [-0.3, -0.25) is 19.4 Å². The zero-order valence-corrected chi connectivity index (χ0v) is 28.1. The van der Waals surface area contributed by atoms with Crippen molar-refractivity contribution >= 4 is 40.6 Å². The number of aliphatic carboxylic acids is 2. The first-order valence-corrected chi connectivity index (χ1v) is 15.5. The molecule has 2 aromatic heterocycles. The van der Waals surface area contributed by atoms with Crippen LogP contribution < -0.4 is 14.4 Å². The van der Waals surface area contributed by atoms with Crippen molar-refractivity contribution < 1.29 is 38.9 Å². The number of carbonyl (C=O) groups excluding carboxylic acids is 2. The normalized spacial score (nSPS) is 13.1. The molecule has 0 spiro atoms. The fourth-order valence-electron chi connectivity index (χ4n) is 5.42. The average molecular weight is 673 g/mol. The van der Waals surface area contributed by atoms with Crippen LogP contribution in [0.4, 0.5) is 5.82 Å². The fraction of sp³-hybridized carbons (Fsp3) is 0.314. The van der Waals surface area contributed by atoms with Gasteiger partial charge in [-0.1, -0.05) is 12.1 Å². The standard InChI is InChI=1S/C31H36N6O4.C4H4O4/c1-21-18-22(2)32-28(19-21)34(3)31(39)29-33-24-8-6-7-9-25(24)37(29)17-14-35-12-15-36(16-13-35)30(38)23-10-11-26(40-4)27(20-23)41-5;5-3(6)1-2-4(7)8/h6-11,18-20H,12-17H2,1-5H3;1-2H,(H,5,6)(H,7,8)/b;2-1-. The molecular formula is C35H40N6O8. The van der Waals surface area contributed by atoms with Crippen molar-refractivity contribution in [2.24, 2.45) is 0 Å². The first kappa shape index (κ1) is 36.1. The van der Waals surface area contributed by atoms with Crippen LogP contribution in [0, 0.1) is 13.8 Å². The molecule has 0 radical (unpaired) electrons. The van der Waals surface area contributed by atoms with E-state index in [1.165, 1.54) is 0 Å². The number of anilines is 1. The number of hydrogen-bond donors (Lipinski definition) is 2. The maximum Gasteiger partial charge on any atom is 0.328 e. The maximum atomic E-state index is 13.7. The summed E-state index contributed by atoms with van der Waals surface area (Å²) in [4.78, 5) is 61.0.